The number of hydrogen-bond acceptors (Lipinski definition) is 10. The molecule has 0 bridgehead atoms. The molecule has 0 aliphatic rings. The molecular weight excluding hydrogens is 568 g/mol. The molecule has 44 heavy (non-hydrogen) atoms. The summed E-state index contributed by atoms with van der Waals surface area (Å²) < 4.78 is 23.3. The van der Waals surface area contributed by atoms with Crippen molar-refractivity contribution in [2.75, 3.05) is 73.0 Å². The molecule has 256 valence electrons. The SMILES string of the molecule is CC(C)C(=O)CCOCC(COCCC(=O)C(C)C)(COCCC(=O)C(C)C)NC(=O)CCOCCN(C)CC(=O)C(C)C. The molecule has 0 aromatic rings. The van der Waals surface area contributed by atoms with E-state index in [0.717, 1.165) is 0 Å². The maximum absolute atomic E-state index is 13.1. The van der Waals surface area contributed by atoms with Crippen LogP contribution in [0.4, 0.5) is 0 Å². The molecule has 0 aromatic heterocycles. The summed E-state index contributed by atoms with van der Waals surface area (Å²) in [5.74, 6) is -0.286. The molecule has 0 saturated heterocycles. The maximum atomic E-state index is 13.1. The normalized spacial score (nSPS) is 12.1. The Kier molecular flexibility index (Phi) is 22.2. The lowest BCUT2D eigenvalue weighted by Gasteiger charge is -2.34. The smallest absolute Gasteiger partial charge is 0.222 e. The molecule has 0 atom stereocenters. The minimum atomic E-state index is -1.11. The van der Waals surface area contributed by atoms with Crippen LogP contribution in [0.15, 0.2) is 0 Å². The first-order valence-corrected chi connectivity index (χ1v) is 16.0. The van der Waals surface area contributed by atoms with Crippen molar-refractivity contribution in [1.29, 1.82) is 0 Å². The molecule has 11 heteroatoms. The largest absolute Gasteiger partial charge is 0.380 e. The number of rotatable bonds is 28. The van der Waals surface area contributed by atoms with Crippen LogP contribution in [-0.4, -0.2) is 112 Å². The standard InChI is InChI=1S/C33H60N2O9/c1-24(2)28(36)10-15-42-21-33(22-43-16-11-29(37)25(3)4,23-44-17-12-30(38)26(5)6)34-32(40)13-18-41-19-14-35(9)20-31(39)27(7)8/h24-27H,10-23H2,1-9H3,(H,34,40). The average molecular weight is 629 g/mol. The van der Waals surface area contributed by atoms with E-state index in [2.05, 4.69) is 5.32 Å². The number of ketones is 4. The van der Waals surface area contributed by atoms with Gasteiger partial charge in [-0.05, 0) is 7.05 Å². The monoisotopic (exact) mass is 628 g/mol. The van der Waals surface area contributed by atoms with E-state index in [-0.39, 0.29) is 125 Å². The lowest BCUT2D eigenvalue weighted by molar-refractivity contribution is -0.131. The number of nitrogens with one attached hydrogen (secondary N) is 1. The van der Waals surface area contributed by atoms with Gasteiger partial charge in [0.1, 0.15) is 28.7 Å². The molecule has 0 saturated carbocycles. The van der Waals surface area contributed by atoms with Crippen molar-refractivity contribution in [1.82, 2.24) is 10.2 Å². The highest BCUT2D eigenvalue weighted by atomic mass is 16.5. The van der Waals surface area contributed by atoms with E-state index < -0.39 is 5.54 Å². The molecule has 0 aliphatic carbocycles. The van der Waals surface area contributed by atoms with Gasteiger partial charge in [0, 0.05) is 55.9 Å². The van der Waals surface area contributed by atoms with Crippen LogP contribution in [0.2, 0.25) is 0 Å². The summed E-state index contributed by atoms with van der Waals surface area (Å²) in [5.41, 5.74) is -1.11. The zero-order valence-corrected chi connectivity index (χ0v) is 28.8. The van der Waals surface area contributed by atoms with Crippen LogP contribution in [0, 0.1) is 23.7 Å². The van der Waals surface area contributed by atoms with E-state index in [1.54, 1.807) is 0 Å². The zero-order valence-electron chi connectivity index (χ0n) is 28.8. The highest BCUT2D eigenvalue weighted by Gasteiger charge is 2.34. The van der Waals surface area contributed by atoms with Gasteiger partial charge in [0.25, 0.3) is 0 Å². The number of likely N-dealkylation sites (N-methyl/N-ethyl adjacent to an activating group) is 1. The molecule has 1 amide bonds. The number of carbonyl (C=O) groups is 5. The van der Waals surface area contributed by atoms with Gasteiger partial charge in [-0.1, -0.05) is 55.4 Å². The van der Waals surface area contributed by atoms with Crippen LogP contribution in [-0.2, 0) is 42.9 Å². The molecule has 11 nitrogen and oxygen atoms in total. The molecule has 0 rings (SSSR count). The lowest BCUT2D eigenvalue weighted by atomic mass is 10.0. The van der Waals surface area contributed by atoms with Gasteiger partial charge in [-0.2, -0.15) is 0 Å². The number of amides is 1. The Labute approximate surface area is 265 Å². The second-order valence-electron chi connectivity index (χ2n) is 12.8. The topological polar surface area (TPSA) is 138 Å². The fourth-order valence-corrected chi connectivity index (χ4v) is 3.79. The Morgan fingerprint density at radius 2 is 0.909 bits per heavy atom. The minimum absolute atomic E-state index is 0.00982. The second kappa shape index (κ2) is 23.3. The first kappa shape index (κ1) is 42.0. The van der Waals surface area contributed by atoms with Crippen molar-refractivity contribution in [2.45, 2.75) is 86.6 Å². The number of nitrogens with zero attached hydrogens (tertiary/aromatic N) is 1. The number of Topliss-reactive ketones (excluding diaryl/α,β-unsaturated/α-hetero) is 4. The number of hydrogen-bond donors (Lipinski definition) is 1. The van der Waals surface area contributed by atoms with Gasteiger partial charge in [-0.25, -0.2) is 0 Å². The van der Waals surface area contributed by atoms with E-state index in [4.69, 9.17) is 18.9 Å². The fourth-order valence-electron chi connectivity index (χ4n) is 3.79. The van der Waals surface area contributed by atoms with Crippen molar-refractivity contribution in [3.8, 4) is 0 Å². The molecule has 0 aliphatic heterocycles. The highest BCUT2D eigenvalue weighted by Crippen LogP contribution is 2.13. The second-order valence-corrected chi connectivity index (χ2v) is 12.8. The molecule has 0 spiro atoms. The van der Waals surface area contributed by atoms with Crippen LogP contribution >= 0.6 is 0 Å². The lowest BCUT2D eigenvalue weighted by Crippen LogP contribution is -2.59. The van der Waals surface area contributed by atoms with Gasteiger partial charge in [0.15, 0.2) is 0 Å². The first-order valence-electron chi connectivity index (χ1n) is 16.0. The van der Waals surface area contributed by atoms with Crippen molar-refractivity contribution in [3.05, 3.63) is 0 Å². The van der Waals surface area contributed by atoms with Crippen LogP contribution < -0.4 is 5.32 Å². The Morgan fingerprint density at radius 3 is 1.27 bits per heavy atom. The Morgan fingerprint density at radius 1 is 0.545 bits per heavy atom. The van der Waals surface area contributed by atoms with Crippen molar-refractivity contribution in [2.24, 2.45) is 23.7 Å². The van der Waals surface area contributed by atoms with E-state index in [0.29, 0.717) is 19.7 Å². The van der Waals surface area contributed by atoms with Gasteiger partial charge < -0.3 is 24.3 Å². The fraction of sp³-hybridized carbons (Fsp3) is 0.848. The predicted molar refractivity (Wildman–Crippen MR) is 169 cm³/mol. The Balaban J connectivity index is 5.36. The molecule has 0 fully saturated rings. The molecule has 1 N–H and O–H groups in total. The average Bonchev–Trinajstić information content (AvgIpc) is 2.94. The summed E-state index contributed by atoms with van der Waals surface area (Å²) >= 11 is 0. The van der Waals surface area contributed by atoms with Crippen molar-refractivity contribution < 1.29 is 42.9 Å². The van der Waals surface area contributed by atoms with Crippen LogP contribution in [0.25, 0.3) is 0 Å². The van der Waals surface area contributed by atoms with E-state index in [1.807, 2.05) is 67.3 Å². The van der Waals surface area contributed by atoms with Gasteiger partial charge in [0.2, 0.25) is 5.91 Å². The van der Waals surface area contributed by atoms with Gasteiger partial charge in [0.05, 0.1) is 59.4 Å². The van der Waals surface area contributed by atoms with E-state index in [1.165, 1.54) is 0 Å². The molecular formula is C33H60N2O9. The summed E-state index contributed by atoms with van der Waals surface area (Å²) in [7, 11) is 1.85. The molecule has 0 radical (unpaired) electrons. The summed E-state index contributed by atoms with van der Waals surface area (Å²) in [6.07, 6.45) is 0.778. The summed E-state index contributed by atoms with van der Waals surface area (Å²) in [4.78, 5) is 63.2. The van der Waals surface area contributed by atoms with Crippen LogP contribution in [0.3, 0.4) is 0 Å². The predicted octanol–water partition coefficient (Wildman–Crippen LogP) is 3.30. The molecule has 0 aromatic carbocycles. The Bertz CT molecular complexity index is 802. The van der Waals surface area contributed by atoms with Gasteiger partial charge in [-0.15, -0.1) is 0 Å². The third kappa shape index (κ3) is 20.1. The minimum Gasteiger partial charge on any atom is -0.380 e. The van der Waals surface area contributed by atoms with Crippen LogP contribution in [0.1, 0.15) is 81.1 Å². The number of carbonyl (C=O) groups excluding carboxylic acids is 5. The summed E-state index contributed by atoms with van der Waals surface area (Å²) in [6.45, 7) is 16.7. The molecule has 0 heterocycles. The van der Waals surface area contributed by atoms with Crippen LogP contribution in [0.5, 0.6) is 0 Å². The summed E-state index contributed by atoms with van der Waals surface area (Å²) in [5, 5.41) is 3.00. The third-order valence-corrected chi connectivity index (χ3v) is 7.11. The summed E-state index contributed by atoms with van der Waals surface area (Å²) in [6, 6.07) is 0. The highest BCUT2D eigenvalue weighted by molar-refractivity contribution is 5.82. The zero-order chi connectivity index (χ0) is 33.7. The quantitative estimate of drug-likeness (QED) is 0.129. The number of ether oxygens (including phenoxy) is 4. The Hall–Kier alpha value is -2.05. The van der Waals surface area contributed by atoms with Crippen molar-refractivity contribution >= 4 is 29.0 Å². The van der Waals surface area contributed by atoms with Gasteiger partial charge >= 0.3 is 0 Å². The van der Waals surface area contributed by atoms with E-state index in [9.17, 15) is 24.0 Å². The molecule has 0 unspecified atom stereocenters. The van der Waals surface area contributed by atoms with Gasteiger partial charge in [-0.3, -0.25) is 28.9 Å². The first-order chi connectivity index (χ1) is 20.6. The van der Waals surface area contributed by atoms with E-state index >= 15 is 0 Å². The maximum Gasteiger partial charge on any atom is 0.222 e. The third-order valence-electron chi connectivity index (χ3n) is 7.11. The van der Waals surface area contributed by atoms with Crippen molar-refractivity contribution in [3.63, 3.8) is 0 Å².